The Morgan fingerprint density at radius 2 is 2.04 bits per heavy atom. The largest absolute Gasteiger partial charge is 0.381 e. The van der Waals surface area contributed by atoms with E-state index in [-0.39, 0.29) is 17.5 Å². The number of ether oxygens (including phenoxy) is 1. The summed E-state index contributed by atoms with van der Waals surface area (Å²) in [6, 6.07) is 7.42. The fourth-order valence-corrected chi connectivity index (χ4v) is 2.67. The van der Waals surface area contributed by atoms with Crippen LogP contribution in [0.2, 0.25) is 0 Å². The molecule has 0 aliphatic carbocycles. The highest BCUT2D eigenvalue weighted by Gasteiger charge is 2.23. The molecule has 2 amide bonds. The fraction of sp³-hybridized carbons (Fsp3) is 0.500. The van der Waals surface area contributed by atoms with Crippen molar-refractivity contribution in [3.8, 4) is 5.82 Å². The van der Waals surface area contributed by atoms with Gasteiger partial charge in [-0.15, -0.1) is 0 Å². The Bertz CT molecular complexity index is 715. The lowest BCUT2D eigenvalue weighted by Crippen LogP contribution is -2.41. The first kappa shape index (κ1) is 17.4. The number of aromatic nitrogens is 3. The van der Waals surface area contributed by atoms with Crippen LogP contribution >= 0.6 is 0 Å². The van der Waals surface area contributed by atoms with Gasteiger partial charge in [0.15, 0.2) is 5.82 Å². The van der Waals surface area contributed by atoms with Gasteiger partial charge in [0, 0.05) is 36.9 Å². The molecule has 0 bridgehead atoms. The molecule has 7 nitrogen and oxygen atoms in total. The molecule has 2 aromatic heterocycles. The van der Waals surface area contributed by atoms with Crippen molar-refractivity contribution in [3.05, 3.63) is 36.2 Å². The molecule has 0 atom stereocenters. The minimum atomic E-state index is -0.232. The van der Waals surface area contributed by atoms with Crippen molar-refractivity contribution in [1.29, 1.82) is 0 Å². The Hall–Kier alpha value is -2.41. The van der Waals surface area contributed by atoms with Crippen LogP contribution in [0.4, 0.5) is 10.6 Å². The Morgan fingerprint density at radius 3 is 2.68 bits per heavy atom. The smallest absolute Gasteiger partial charge is 0.320 e. The third-order valence-corrected chi connectivity index (χ3v) is 4.14. The van der Waals surface area contributed by atoms with Crippen molar-refractivity contribution in [3.63, 3.8) is 0 Å². The summed E-state index contributed by atoms with van der Waals surface area (Å²) < 4.78 is 6.99. The number of pyridine rings is 1. The fourth-order valence-electron chi connectivity index (χ4n) is 2.67. The molecule has 0 saturated carbocycles. The maximum absolute atomic E-state index is 12.4. The lowest BCUT2D eigenvalue weighted by atomic mass is 9.92. The molecule has 3 heterocycles. The molecular formula is C18H25N5O2. The maximum atomic E-state index is 12.4. The zero-order valence-corrected chi connectivity index (χ0v) is 15.0. The van der Waals surface area contributed by atoms with Crippen LogP contribution in [0, 0.1) is 0 Å². The summed E-state index contributed by atoms with van der Waals surface area (Å²) in [5.41, 5.74) is 0.757. The van der Waals surface area contributed by atoms with Gasteiger partial charge in [0.2, 0.25) is 0 Å². The second-order valence-corrected chi connectivity index (χ2v) is 7.25. The van der Waals surface area contributed by atoms with Gasteiger partial charge in [0.05, 0.1) is 5.69 Å². The highest BCUT2D eigenvalue weighted by Crippen LogP contribution is 2.25. The van der Waals surface area contributed by atoms with Gasteiger partial charge in [-0.05, 0) is 25.0 Å². The second-order valence-electron chi connectivity index (χ2n) is 7.25. The predicted molar refractivity (Wildman–Crippen MR) is 96.1 cm³/mol. The highest BCUT2D eigenvalue weighted by atomic mass is 16.5. The molecule has 0 radical (unpaired) electrons. The van der Waals surface area contributed by atoms with Crippen LogP contribution in [0.1, 0.15) is 39.3 Å². The molecular weight excluding hydrogens is 318 g/mol. The van der Waals surface area contributed by atoms with Crippen LogP contribution in [-0.4, -0.2) is 40.1 Å². The number of rotatable bonds is 3. The number of carbonyl (C=O) groups is 1. The third-order valence-electron chi connectivity index (χ3n) is 4.14. The molecule has 0 spiro atoms. The SMILES string of the molecule is CC(C)(C)c1cc(NC(=O)NC2CCOCC2)n(-c2ccccn2)n1. The molecule has 25 heavy (non-hydrogen) atoms. The highest BCUT2D eigenvalue weighted by molar-refractivity contribution is 5.89. The number of urea groups is 1. The molecule has 2 aromatic rings. The number of hydrogen-bond acceptors (Lipinski definition) is 4. The molecule has 0 unspecified atom stereocenters. The van der Waals surface area contributed by atoms with Crippen LogP contribution in [0.15, 0.2) is 30.5 Å². The van der Waals surface area contributed by atoms with Gasteiger partial charge in [-0.2, -0.15) is 9.78 Å². The van der Waals surface area contributed by atoms with Crippen LogP contribution in [-0.2, 0) is 10.2 Å². The van der Waals surface area contributed by atoms with Crippen LogP contribution in [0.5, 0.6) is 0 Å². The summed E-state index contributed by atoms with van der Waals surface area (Å²) in [5, 5.41) is 10.6. The number of anilines is 1. The average Bonchev–Trinajstić information content (AvgIpc) is 3.00. The van der Waals surface area contributed by atoms with Gasteiger partial charge in [-0.3, -0.25) is 5.32 Å². The summed E-state index contributed by atoms with van der Waals surface area (Å²) in [6.45, 7) is 7.63. The quantitative estimate of drug-likeness (QED) is 0.898. The van der Waals surface area contributed by atoms with Crippen molar-refractivity contribution in [2.24, 2.45) is 0 Å². The number of nitrogens with zero attached hydrogens (tertiary/aromatic N) is 3. The molecule has 134 valence electrons. The summed E-state index contributed by atoms with van der Waals surface area (Å²) in [4.78, 5) is 16.7. The van der Waals surface area contributed by atoms with E-state index < -0.39 is 0 Å². The van der Waals surface area contributed by atoms with E-state index in [2.05, 4.69) is 41.5 Å². The van der Waals surface area contributed by atoms with E-state index >= 15 is 0 Å². The molecule has 7 heteroatoms. The average molecular weight is 343 g/mol. The summed E-state index contributed by atoms with van der Waals surface area (Å²) in [7, 11) is 0. The lowest BCUT2D eigenvalue weighted by Gasteiger charge is -2.23. The Kier molecular flexibility index (Phi) is 5.03. The molecule has 1 fully saturated rings. The third kappa shape index (κ3) is 4.36. The van der Waals surface area contributed by atoms with Gasteiger partial charge in [-0.25, -0.2) is 9.78 Å². The topological polar surface area (TPSA) is 81.1 Å². The molecule has 1 aliphatic rings. The van der Waals surface area contributed by atoms with E-state index in [0.717, 1.165) is 18.5 Å². The normalized spacial score (nSPS) is 15.8. The monoisotopic (exact) mass is 343 g/mol. The molecule has 3 rings (SSSR count). The van der Waals surface area contributed by atoms with Gasteiger partial charge < -0.3 is 10.1 Å². The zero-order chi connectivity index (χ0) is 17.9. The summed E-state index contributed by atoms with van der Waals surface area (Å²) >= 11 is 0. The number of nitrogens with one attached hydrogen (secondary N) is 2. The first-order valence-corrected chi connectivity index (χ1v) is 8.61. The van der Waals surface area contributed by atoms with Crippen molar-refractivity contribution in [2.45, 2.75) is 45.1 Å². The van der Waals surface area contributed by atoms with E-state index in [1.54, 1.807) is 10.9 Å². The van der Waals surface area contributed by atoms with Crippen LogP contribution in [0.3, 0.4) is 0 Å². The summed E-state index contributed by atoms with van der Waals surface area (Å²) in [5.74, 6) is 1.27. The molecule has 1 saturated heterocycles. The number of hydrogen-bond donors (Lipinski definition) is 2. The van der Waals surface area contributed by atoms with E-state index in [9.17, 15) is 4.79 Å². The first-order chi connectivity index (χ1) is 11.9. The van der Waals surface area contributed by atoms with Crippen molar-refractivity contribution < 1.29 is 9.53 Å². The molecule has 0 aromatic carbocycles. The maximum Gasteiger partial charge on any atom is 0.320 e. The second kappa shape index (κ2) is 7.23. The van der Waals surface area contributed by atoms with Crippen LogP contribution < -0.4 is 10.6 Å². The minimum Gasteiger partial charge on any atom is -0.381 e. The lowest BCUT2D eigenvalue weighted by molar-refractivity contribution is 0.0806. The standard InChI is InChI=1S/C18H25N5O2/c1-18(2,3)14-12-16(23(22-14)15-6-4-5-9-19-15)21-17(24)20-13-7-10-25-11-8-13/h4-6,9,12-13H,7-8,10-11H2,1-3H3,(H2,20,21,24). The molecule has 2 N–H and O–H groups in total. The number of amides is 2. The predicted octanol–water partition coefficient (Wildman–Crippen LogP) is 2.87. The molecule has 1 aliphatic heterocycles. The van der Waals surface area contributed by atoms with Gasteiger partial charge >= 0.3 is 6.03 Å². The minimum absolute atomic E-state index is 0.131. The number of carbonyl (C=O) groups excluding carboxylic acids is 1. The van der Waals surface area contributed by atoms with E-state index in [1.807, 2.05) is 24.3 Å². The Labute approximate surface area is 147 Å². The van der Waals surface area contributed by atoms with Crippen molar-refractivity contribution in [1.82, 2.24) is 20.1 Å². The van der Waals surface area contributed by atoms with E-state index in [4.69, 9.17) is 4.74 Å². The Morgan fingerprint density at radius 1 is 1.28 bits per heavy atom. The van der Waals surface area contributed by atoms with Gasteiger partial charge in [0.25, 0.3) is 0 Å². The van der Waals surface area contributed by atoms with E-state index in [1.165, 1.54) is 0 Å². The Balaban J connectivity index is 1.81. The van der Waals surface area contributed by atoms with Gasteiger partial charge in [-0.1, -0.05) is 26.8 Å². The zero-order valence-electron chi connectivity index (χ0n) is 15.0. The van der Waals surface area contributed by atoms with Gasteiger partial charge in [0.1, 0.15) is 5.82 Å². The van der Waals surface area contributed by atoms with E-state index in [0.29, 0.717) is 24.8 Å². The summed E-state index contributed by atoms with van der Waals surface area (Å²) in [6.07, 6.45) is 3.37. The first-order valence-electron chi connectivity index (χ1n) is 8.61. The van der Waals surface area contributed by atoms with Crippen molar-refractivity contribution >= 4 is 11.8 Å². The van der Waals surface area contributed by atoms with Crippen molar-refractivity contribution in [2.75, 3.05) is 18.5 Å². The van der Waals surface area contributed by atoms with Crippen LogP contribution in [0.25, 0.3) is 5.82 Å².